The molecule has 0 aliphatic carbocycles. The van der Waals surface area contributed by atoms with E-state index in [2.05, 4.69) is 4.72 Å². The molecule has 2 N–H and O–H groups in total. The van der Waals surface area contributed by atoms with Crippen LogP contribution in [-0.2, 0) is 15.8 Å². The zero-order valence-corrected chi connectivity index (χ0v) is 10.2. The zero-order valence-electron chi connectivity index (χ0n) is 9.42. The van der Waals surface area contributed by atoms with E-state index >= 15 is 0 Å². The third kappa shape index (κ3) is 4.53. The summed E-state index contributed by atoms with van der Waals surface area (Å²) in [5.41, 5.74) is 1.09. The second-order valence-corrected chi connectivity index (χ2v) is 5.52. The Labute approximate surface area is 101 Å². The van der Waals surface area contributed by atoms with Crippen molar-refractivity contribution in [2.45, 2.75) is 18.7 Å². The van der Waals surface area contributed by atoms with Crippen molar-refractivity contribution in [1.29, 1.82) is 5.26 Å². The lowest BCUT2D eigenvalue weighted by atomic mass is 10.2. The van der Waals surface area contributed by atoms with Crippen LogP contribution in [0.4, 0.5) is 0 Å². The molecular formula is C11H14N2O3S. The Morgan fingerprint density at radius 1 is 1.41 bits per heavy atom. The first-order valence-electron chi connectivity index (χ1n) is 5.07. The van der Waals surface area contributed by atoms with Crippen LogP contribution in [0.2, 0.25) is 0 Å². The standard InChI is InChI=1S/C11H14N2O3S/c1-9(7-14)13-17(15,16)8-11-4-2-10(6-12)3-5-11/h2-5,9,13-14H,7-8H2,1H3. The molecule has 0 aliphatic heterocycles. The first-order chi connectivity index (χ1) is 7.96. The van der Waals surface area contributed by atoms with Gasteiger partial charge in [-0.15, -0.1) is 0 Å². The summed E-state index contributed by atoms with van der Waals surface area (Å²) in [5.74, 6) is -0.164. The molecule has 1 unspecified atom stereocenters. The quantitative estimate of drug-likeness (QED) is 0.793. The maximum atomic E-state index is 11.6. The Morgan fingerprint density at radius 2 is 2.00 bits per heavy atom. The van der Waals surface area contributed by atoms with Crippen LogP contribution in [-0.4, -0.2) is 26.2 Å². The number of hydrogen-bond acceptors (Lipinski definition) is 4. The topological polar surface area (TPSA) is 90.2 Å². The van der Waals surface area contributed by atoms with Gasteiger partial charge in [0.15, 0.2) is 0 Å². The number of sulfonamides is 1. The minimum Gasteiger partial charge on any atom is -0.395 e. The lowest BCUT2D eigenvalue weighted by molar-refractivity contribution is 0.265. The SMILES string of the molecule is CC(CO)NS(=O)(=O)Cc1ccc(C#N)cc1. The molecule has 0 bridgehead atoms. The first-order valence-corrected chi connectivity index (χ1v) is 6.72. The zero-order chi connectivity index (χ0) is 12.9. The lowest BCUT2D eigenvalue weighted by Crippen LogP contribution is -2.35. The predicted octanol–water partition coefficient (Wildman–Crippen LogP) is 0.358. The van der Waals surface area contributed by atoms with Gasteiger partial charge in [-0.2, -0.15) is 5.26 Å². The fourth-order valence-electron chi connectivity index (χ4n) is 1.28. The van der Waals surface area contributed by atoms with Crippen molar-refractivity contribution in [1.82, 2.24) is 4.72 Å². The summed E-state index contributed by atoms with van der Waals surface area (Å²) < 4.78 is 25.6. The molecule has 1 aromatic carbocycles. The number of nitriles is 1. The van der Waals surface area contributed by atoms with Crippen molar-refractivity contribution in [3.8, 4) is 6.07 Å². The van der Waals surface area contributed by atoms with Gasteiger partial charge in [0.1, 0.15) is 0 Å². The van der Waals surface area contributed by atoms with E-state index in [1.54, 1.807) is 31.2 Å². The maximum absolute atomic E-state index is 11.6. The number of nitrogens with zero attached hydrogens (tertiary/aromatic N) is 1. The van der Waals surface area contributed by atoms with E-state index in [4.69, 9.17) is 10.4 Å². The minimum atomic E-state index is -3.46. The molecule has 0 spiro atoms. The summed E-state index contributed by atoms with van der Waals surface area (Å²) >= 11 is 0. The summed E-state index contributed by atoms with van der Waals surface area (Å²) in [7, 11) is -3.46. The molecule has 0 heterocycles. The highest BCUT2D eigenvalue weighted by Crippen LogP contribution is 2.07. The highest BCUT2D eigenvalue weighted by atomic mass is 32.2. The molecular weight excluding hydrogens is 240 g/mol. The van der Waals surface area contributed by atoms with Crippen LogP contribution in [0.5, 0.6) is 0 Å². The molecule has 1 atom stereocenters. The van der Waals surface area contributed by atoms with E-state index in [1.807, 2.05) is 6.07 Å². The summed E-state index contributed by atoms with van der Waals surface area (Å²) in [5, 5.41) is 17.4. The van der Waals surface area contributed by atoms with Crippen LogP contribution in [0.25, 0.3) is 0 Å². The van der Waals surface area contributed by atoms with Gasteiger partial charge in [0.25, 0.3) is 0 Å². The van der Waals surface area contributed by atoms with Crippen LogP contribution >= 0.6 is 0 Å². The summed E-state index contributed by atoms with van der Waals surface area (Å²) in [6, 6.07) is 7.80. The van der Waals surface area contributed by atoms with Gasteiger partial charge < -0.3 is 5.11 Å². The highest BCUT2D eigenvalue weighted by Gasteiger charge is 2.14. The molecule has 6 heteroatoms. The van der Waals surface area contributed by atoms with Gasteiger partial charge in [0, 0.05) is 6.04 Å². The van der Waals surface area contributed by atoms with Gasteiger partial charge in [-0.05, 0) is 24.6 Å². The number of aliphatic hydroxyl groups is 1. The van der Waals surface area contributed by atoms with Crippen molar-refractivity contribution in [2.24, 2.45) is 0 Å². The largest absolute Gasteiger partial charge is 0.395 e. The van der Waals surface area contributed by atoms with Gasteiger partial charge >= 0.3 is 0 Å². The van der Waals surface area contributed by atoms with Gasteiger partial charge in [0.2, 0.25) is 10.0 Å². The van der Waals surface area contributed by atoms with Crippen molar-refractivity contribution < 1.29 is 13.5 Å². The fraction of sp³-hybridized carbons (Fsp3) is 0.364. The third-order valence-corrected chi connectivity index (χ3v) is 3.57. The third-order valence-electron chi connectivity index (χ3n) is 2.09. The number of nitrogens with one attached hydrogen (secondary N) is 1. The van der Waals surface area contributed by atoms with Crippen LogP contribution in [0.15, 0.2) is 24.3 Å². The molecule has 0 amide bonds. The molecule has 0 aromatic heterocycles. The molecule has 92 valence electrons. The normalized spacial score (nSPS) is 13.0. The number of benzene rings is 1. The predicted molar refractivity (Wildman–Crippen MR) is 63.5 cm³/mol. The molecule has 0 fully saturated rings. The smallest absolute Gasteiger partial charge is 0.216 e. The van der Waals surface area contributed by atoms with E-state index < -0.39 is 16.1 Å². The molecule has 0 radical (unpaired) electrons. The molecule has 0 saturated heterocycles. The van der Waals surface area contributed by atoms with Crippen molar-refractivity contribution in [3.05, 3.63) is 35.4 Å². The highest BCUT2D eigenvalue weighted by molar-refractivity contribution is 7.88. The van der Waals surface area contributed by atoms with Crippen molar-refractivity contribution in [3.63, 3.8) is 0 Å². The van der Waals surface area contributed by atoms with E-state index in [9.17, 15) is 8.42 Å². The molecule has 1 rings (SSSR count). The Kier molecular flexibility index (Phi) is 4.63. The fourth-order valence-corrected chi connectivity index (χ4v) is 2.68. The first kappa shape index (κ1) is 13.6. The summed E-state index contributed by atoms with van der Waals surface area (Å²) in [4.78, 5) is 0. The summed E-state index contributed by atoms with van der Waals surface area (Å²) in [6.07, 6.45) is 0. The molecule has 1 aromatic rings. The van der Waals surface area contributed by atoms with Crippen molar-refractivity contribution in [2.75, 3.05) is 6.61 Å². The van der Waals surface area contributed by atoms with E-state index in [0.717, 1.165) is 0 Å². The van der Waals surface area contributed by atoms with E-state index in [0.29, 0.717) is 11.1 Å². The maximum Gasteiger partial charge on any atom is 0.216 e. The van der Waals surface area contributed by atoms with Crippen LogP contribution in [0.3, 0.4) is 0 Å². The molecule has 5 nitrogen and oxygen atoms in total. The monoisotopic (exact) mass is 254 g/mol. The van der Waals surface area contributed by atoms with Gasteiger partial charge in [0.05, 0.1) is 24.0 Å². The van der Waals surface area contributed by atoms with Crippen LogP contribution < -0.4 is 4.72 Å². The number of aliphatic hydroxyl groups excluding tert-OH is 1. The van der Waals surface area contributed by atoms with Crippen molar-refractivity contribution >= 4 is 10.0 Å². The Balaban J connectivity index is 2.73. The molecule has 17 heavy (non-hydrogen) atoms. The van der Waals surface area contributed by atoms with Gasteiger partial charge in [-0.1, -0.05) is 12.1 Å². The lowest BCUT2D eigenvalue weighted by Gasteiger charge is -2.11. The van der Waals surface area contributed by atoms with Gasteiger partial charge in [-0.3, -0.25) is 0 Å². The number of rotatable bonds is 5. The van der Waals surface area contributed by atoms with Crippen LogP contribution in [0, 0.1) is 11.3 Å². The Hall–Kier alpha value is -1.42. The van der Waals surface area contributed by atoms with E-state index in [-0.39, 0.29) is 12.4 Å². The summed E-state index contributed by atoms with van der Waals surface area (Å²) in [6.45, 7) is 1.34. The number of hydrogen-bond donors (Lipinski definition) is 2. The molecule has 0 aliphatic rings. The average molecular weight is 254 g/mol. The van der Waals surface area contributed by atoms with E-state index in [1.165, 1.54) is 0 Å². The average Bonchev–Trinajstić information content (AvgIpc) is 2.28. The second-order valence-electron chi connectivity index (χ2n) is 3.77. The minimum absolute atomic E-state index is 0.164. The Morgan fingerprint density at radius 3 is 2.47 bits per heavy atom. The van der Waals surface area contributed by atoms with Crippen LogP contribution in [0.1, 0.15) is 18.1 Å². The Bertz CT molecular complexity index is 503. The van der Waals surface area contributed by atoms with Gasteiger partial charge in [-0.25, -0.2) is 13.1 Å². The second kappa shape index (κ2) is 5.77. The molecule has 0 saturated carbocycles.